The third kappa shape index (κ3) is 3.91. The van der Waals surface area contributed by atoms with Gasteiger partial charge in [-0.1, -0.05) is 36.4 Å². The van der Waals surface area contributed by atoms with Gasteiger partial charge in [0.25, 0.3) is 0 Å². The Morgan fingerprint density at radius 1 is 0.429 bits per heavy atom. The molecule has 0 heterocycles. The SMILES string of the molecule is Oc1ccccc1-c1cc(Oc2ccc(Oc3ccccc3)cc2)ccc1O. The van der Waals surface area contributed by atoms with Gasteiger partial charge in [-0.25, -0.2) is 0 Å². The molecule has 0 saturated heterocycles. The molecule has 28 heavy (non-hydrogen) atoms. The van der Waals surface area contributed by atoms with Crippen LogP contribution in [0.2, 0.25) is 0 Å². The molecule has 4 rings (SSSR count). The minimum absolute atomic E-state index is 0.0699. The molecule has 0 bridgehead atoms. The number of benzene rings is 4. The molecule has 138 valence electrons. The number of hydrogen-bond donors (Lipinski definition) is 2. The number of phenolic OH excluding ortho intramolecular Hbond substituents is 2. The Hall–Kier alpha value is -3.92. The molecular weight excluding hydrogens is 352 g/mol. The van der Waals surface area contributed by atoms with Gasteiger partial charge in [0.05, 0.1) is 0 Å². The lowest BCUT2D eigenvalue weighted by molar-refractivity contribution is 0.460. The summed E-state index contributed by atoms with van der Waals surface area (Å²) >= 11 is 0. The Balaban J connectivity index is 1.53. The van der Waals surface area contributed by atoms with Gasteiger partial charge in [-0.15, -0.1) is 0 Å². The minimum Gasteiger partial charge on any atom is -0.507 e. The predicted octanol–water partition coefficient (Wildman–Crippen LogP) is 6.35. The fourth-order valence-electron chi connectivity index (χ4n) is 2.83. The standard InChI is InChI=1S/C24H18O4/c25-23-9-5-4-8-21(23)22-16-20(14-15-24(22)26)28-19-12-10-18(11-13-19)27-17-6-2-1-3-7-17/h1-16,25-26H. The molecule has 4 aromatic rings. The molecule has 0 aliphatic heterocycles. The molecule has 0 unspecified atom stereocenters. The molecule has 0 amide bonds. The summed E-state index contributed by atoms with van der Waals surface area (Å²) in [6, 6.07) is 28.6. The van der Waals surface area contributed by atoms with E-state index < -0.39 is 0 Å². The highest BCUT2D eigenvalue weighted by atomic mass is 16.5. The molecule has 0 spiro atoms. The quantitative estimate of drug-likeness (QED) is 0.430. The van der Waals surface area contributed by atoms with Gasteiger partial charge < -0.3 is 19.7 Å². The van der Waals surface area contributed by atoms with Crippen molar-refractivity contribution < 1.29 is 19.7 Å². The van der Waals surface area contributed by atoms with Crippen LogP contribution in [0, 0.1) is 0 Å². The van der Waals surface area contributed by atoms with Crippen LogP contribution in [0.4, 0.5) is 0 Å². The van der Waals surface area contributed by atoms with E-state index in [0.29, 0.717) is 28.4 Å². The maximum Gasteiger partial charge on any atom is 0.128 e. The van der Waals surface area contributed by atoms with Crippen molar-refractivity contribution in [2.45, 2.75) is 0 Å². The van der Waals surface area contributed by atoms with Gasteiger partial charge in [0.1, 0.15) is 34.5 Å². The van der Waals surface area contributed by atoms with Gasteiger partial charge in [-0.3, -0.25) is 0 Å². The largest absolute Gasteiger partial charge is 0.507 e. The molecule has 2 N–H and O–H groups in total. The average molecular weight is 370 g/mol. The van der Waals surface area contributed by atoms with Crippen LogP contribution in [0.3, 0.4) is 0 Å². The zero-order valence-corrected chi connectivity index (χ0v) is 14.9. The summed E-state index contributed by atoms with van der Waals surface area (Å²) in [7, 11) is 0. The Labute approximate surface area is 162 Å². The fraction of sp³-hybridized carbons (Fsp3) is 0. The van der Waals surface area contributed by atoms with E-state index in [1.54, 1.807) is 42.5 Å². The maximum atomic E-state index is 10.2. The van der Waals surface area contributed by atoms with E-state index in [2.05, 4.69) is 0 Å². The van der Waals surface area contributed by atoms with Crippen LogP contribution >= 0.6 is 0 Å². The molecule has 0 aliphatic carbocycles. The van der Waals surface area contributed by atoms with E-state index in [9.17, 15) is 10.2 Å². The number of aromatic hydroxyl groups is 2. The summed E-state index contributed by atoms with van der Waals surface area (Å²) in [6.07, 6.45) is 0. The van der Waals surface area contributed by atoms with Crippen molar-refractivity contribution in [1.29, 1.82) is 0 Å². The van der Waals surface area contributed by atoms with Crippen LogP contribution in [0.15, 0.2) is 97.1 Å². The fourth-order valence-corrected chi connectivity index (χ4v) is 2.83. The lowest BCUT2D eigenvalue weighted by Gasteiger charge is -2.11. The van der Waals surface area contributed by atoms with Gasteiger partial charge in [-0.2, -0.15) is 0 Å². The smallest absolute Gasteiger partial charge is 0.128 e. The van der Waals surface area contributed by atoms with E-state index >= 15 is 0 Å². The van der Waals surface area contributed by atoms with Crippen molar-refractivity contribution in [3.05, 3.63) is 97.1 Å². The first kappa shape index (κ1) is 17.5. The molecule has 4 aromatic carbocycles. The molecule has 0 aliphatic rings. The molecular formula is C24H18O4. The second-order valence-corrected chi connectivity index (χ2v) is 6.18. The van der Waals surface area contributed by atoms with Gasteiger partial charge in [-0.05, 0) is 60.7 Å². The number of ether oxygens (including phenoxy) is 2. The van der Waals surface area contributed by atoms with Crippen molar-refractivity contribution in [2.75, 3.05) is 0 Å². The molecule has 0 radical (unpaired) electrons. The Bertz CT molecular complexity index is 1070. The third-order valence-electron chi connectivity index (χ3n) is 4.20. The topological polar surface area (TPSA) is 58.9 Å². The van der Waals surface area contributed by atoms with Gasteiger partial charge in [0.2, 0.25) is 0 Å². The van der Waals surface area contributed by atoms with Gasteiger partial charge >= 0.3 is 0 Å². The highest BCUT2D eigenvalue weighted by Crippen LogP contribution is 2.38. The van der Waals surface area contributed by atoms with Crippen molar-refractivity contribution >= 4 is 0 Å². The normalized spacial score (nSPS) is 10.4. The summed E-state index contributed by atoms with van der Waals surface area (Å²) < 4.78 is 11.7. The van der Waals surface area contributed by atoms with E-state index in [1.807, 2.05) is 54.6 Å². The predicted molar refractivity (Wildman–Crippen MR) is 108 cm³/mol. The van der Waals surface area contributed by atoms with E-state index in [1.165, 1.54) is 0 Å². The van der Waals surface area contributed by atoms with E-state index in [4.69, 9.17) is 9.47 Å². The second-order valence-electron chi connectivity index (χ2n) is 6.18. The number of phenols is 2. The summed E-state index contributed by atoms with van der Waals surface area (Å²) in [4.78, 5) is 0. The van der Waals surface area contributed by atoms with Crippen LogP contribution in [0.5, 0.6) is 34.5 Å². The lowest BCUT2D eigenvalue weighted by atomic mass is 10.0. The lowest BCUT2D eigenvalue weighted by Crippen LogP contribution is -1.88. The summed E-state index contributed by atoms with van der Waals surface area (Å²) in [5, 5.41) is 20.2. The second kappa shape index (κ2) is 7.76. The maximum absolute atomic E-state index is 10.2. The molecule has 4 nitrogen and oxygen atoms in total. The van der Waals surface area contributed by atoms with Crippen molar-refractivity contribution in [3.63, 3.8) is 0 Å². The van der Waals surface area contributed by atoms with Crippen LogP contribution < -0.4 is 9.47 Å². The Morgan fingerprint density at radius 2 is 0.929 bits per heavy atom. The van der Waals surface area contributed by atoms with E-state index in [0.717, 1.165) is 5.75 Å². The summed E-state index contributed by atoms with van der Waals surface area (Å²) in [5.74, 6) is 2.82. The highest BCUT2D eigenvalue weighted by molar-refractivity contribution is 5.76. The van der Waals surface area contributed by atoms with Crippen molar-refractivity contribution in [2.24, 2.45) is 0 Å². The first-order valence-electron chi connectivity index (χ1n) is 8.81. The van der Waals surface area contributed by atoms with Crippen LogP contribution in [0.1, 0.15) is 0 Å². The molecule has 0 fully saturated rings. The molecule has 0 atom stereocenters. The Morgan fingerprint density at radius 3 is 1.61 bits per heavy atom. The van der Waals surface area contributed by atoms with Crippen LogP contribution in [-0.4, -0.2) is 10.2 Å². The minimum atomic E-state index is 0.0699. The first-order valence-corrected chi connectivity index (χ1v) is 8.81. The summed E-state index contributed by atoms with van der Waals surface area (Å²) in [6.45, 7) is 0. The average Bonchev–Trinajstić information content (AvgIpc) is 2.72. The van der Waals surface area contributed by atoms with E-state index in [-0.39, 0.29) is 11.5 Å². The number of hydrogen-bond acceptors (Lipinski definition) is 4. The van der Waals surface area contributed by atoms with Gasteiger partial charge in [0.15, 0.2) is 0 Å². The summed E-state index contributed by atoms with van der Waals surface area (Å²) in [5.41, 5.74) is 1.04. The monoisotopic (exact) mass is 370 g/mol. The van der Waals surface area contributed by atoms with Crippen LogP contribution in [-0.2, 0) is 0 Å². The molecule has 4 heteroatoms. The zero-order chi connectivity index (χ0) is 19.3. The van der Waals surface area contributed by atoms with Gasteiger partial charge in [0, 0.05) is 11.1 Å². The highest BCUT2D eigenvalue weighted by Gasteiger charge is 2.10. The zero-order valence-electron chi connectivity index (χ0n) is 14.9. The van der Waals surface area contributed by atoms with Crippen LogP contribution in [0.25, 0.3) is 11.1 Å². The third-order valence-corrected chi connectivity index (χ3v) is 4.20. The molecule has 0 aromatic heterocycles. The number of rotatable bonds is 5. The molecule has 0 saturated carbocycles. The first-order chi connectivity index (χ1) is 13.7. The van der Waals surface area contributed by atoms with Crippen molar-refractivity contribution in [1.82, 2.24) is 0 Å². The number of para-hydroxylation sites is 2. The Kier molecular flexibility index (Phi) is 4.85. The van der Waals surface area contributed by atoms with Crippen molar-refractivity contribution in [3.8, 4) is 45.6 Å².